The van der Waals surface area contributed by atoms with Gasteiger partial charge in [0.2, 0.25) is 0 Å². The summed E-state index contributed by atoms with van der Waals surface area (Å²) >= 11 is 0. The van der Waals surface area contributed by atoms with E-state index in [4.69, 9.17) is 18.8 Å². The molecule has 1 fully saturated rings. The SMILES string of the molecule is CCCOc1cc(-c2cncc(C(C)CB3OC[C@H](C)O3)c2)ccc1OC. The van der Waals surface area contributed by atoms with Gasteiger partial charge in [-0.2, -0.15) is 0 Å². The van der Waals surface area contributed by atoms with Crippen molar-refractivity contribution in [2.75, 3.05) is 20.3 Å². The maximum absolute atomic E-state index is 5.84. The Morgan fingerprint density at radius 3 is 2.78 bits per heavy atom. The van der Waals surface area contributed by atoms with Crippen LogP contribution in [0, 0.1) is 0 Å². The highest BCUT2D eigenvalue weighted by molar-refractivity contribution is 6.45. The van der Waals surface area contributed by atoms with Crippen molar-refractivity contribution in [3.8, 4) is 22.6 Å². The van der Waals surface area contributed by atoms with Gasteiger partial charge in [0.05, 0.1) is 26.4 Å². The molecule has 6 heteroatoms. The Kier molecular flexibility index (Phi) is 6.75. The predicted molar refractivity (Wildman–Crippen MR) is 107 cm³/mol. The lowest BCUT2D eigenvalue weighted by Gasteiger charge is -2.15. The fraction of sp³-hybridized carbons (Fsp3) is 0.476. The third kappa shape index (κ3) is 5.02. The topological polar surface area (TPSA) is 49.8 Å². The minimum atomic E-state index is -0.131. The second-order valence-corrected chi connectivity index (χ2v) is 7.07. The molecule has 2 atom stereocenters. The maximum atomic E-state index is 5.84. The molecule has 0 N–H and O–H groups in total. The van der Waals surface area contributed by atoms with E-state index in [0.29, 0.717) is 19.1 Å². The third-order valence-electron chi connectivity index (χ3n) is 4.73. The number of hydrogen-bond donors (Lipinski definition) is 0. The fourth-order valence-corrected chi connectivity index (χ4v) is 3.20. The van der Waals surface area contributed by atoms with Crippen LogP contribution in [0.15, 0.2) is 36.7 Å². The van der Waals surface area contributed by atoms with Gasteiger partial charge in [0.25, 0.3) is 0 Å². The van der Waals surface area contributed by atoms with E-state index in [9.17, 15) is 0 Å². The van der Waals surface area contributed by atoms with E-state index in [0.717, 1.165) is 35.4 Å². The summed E-state index contributed by atoms with van der Waals surface area (Å²) in [5.74, 6) is 1.80. The second kappa shape index (κ2) is 9.24. The van der Waals surface area contributed by atoms with Crippen LogP contribution in [0.4, 0.5) is 0 Å². The van der Waals surface area contributed by atoms with Crippen molar-refractivity contribution in [3.05, 3.63) is 42.2 Å². The number of benzene rings is 1. The summed E-state index contributed by atoms with van der Waals surface area (Å²) < 4.78 is 22.7. The van der Waals surface area contributed by atoms with Crippen LogP contribution in [0.2, 0.25) is 6.32 Å². The molecule has 1 aliphatic heterocycles. The normalized spacial score (nSPS) is 17.8. The molecule has 0 saturated carbocycles. The van der Waals surface area contributed by atoms with Gasteiger partial charge in [0.15, 0.2) is 11.5 Å². The lowest BCUT2D eigenvalue weighted by atomic mass is 9.76. The van der Waals surface area contributed by atoms with E-state index < -0.39 is 0 Å². The summed E-state index contributed by atoms with van der Waals surface area (Å²) in [5.41, 5.74) is 3.29. The van der Waals surface area contributed by atoms with Gasteiger partial charge in [0, 0.05) is 18.0 Å². The average Bonchev–Trinajstić information content (AvgIpc) is 3.10. The van der Waals surface area contributed by atoms with Gasteiger partial charge in [-0.3, -0.25) is 4.98 Å². The van der Waals surface area contributed by atoms with Crippen LogP contribution in [-0.2, 0) is 9.31 Å². The lowest BCUT2D eigenvalue weighted by molar-refractivity contribution is 0.256. The lowest BCUT2D eigenvalue weighted by Crippen LogP contribution is -2.17. The van der Waals surface area contributed by atoms with Gasteiger partial charge in [-0.05, 0) is 54.9 Å². The zero-order chi connectivity index (χ0) is 19.2. The molecule has 0 amide bonds. The van der Waals surface area contributed by atoms with Crippen molar-refractivity contribution in [2.24, 2.45) is 0 Å². The van der Waals surface area contributed by atoms with E-state index in [-0.39, 0.29) is 13.2 Å². The standard InChI is InChI=1S/C21H28BNO4/c1-5-8-25-21-10-17(6-7-20(21)24-4)19-9-18(12-23-13-19)15(2)11-22-26-14-16(3)27-22/h6-7,9-10,12-13,15-16H,5,8,11,14H2,1-4H3/t15?,16-/m0/s1. The van der Waals surface area contributed by atoms with E-state index in [1.165, 1.54) is 5.56 Å². The van der Waals surface area contributed by atoms with Gasteiger partial charge in [-0.25, -0.2) is 0 Å². The van der Waals surface area contributed by atoms with Crippen LogP contribution in [0.5, 0.6) is 11.5 Å². The maximum Gasteiger partial charge on any atom is 0.457 e. The van der Waals surface area contributed by atoms with Crippen molar-refractivity contribution < 1.29 is 18.8 Å². The number of methoxy groups -OCH3 is 1. The summed E-state index contributed by atoms with van der Waals surface area (Å²) in [5, 5.41) is 0. The number of aromatic nitrogens is 1. The molecular weight excluding hydrogens is 341 g/mol. The van der Waals surface area contributed by atoms with Gasteiger partial charge in [0.1, 0.15) is 0 Å². The number of pyridine rings is 1. The molecule has 2 heterocycles. The van der Waals surface area contributed by atoms with Gasteiger partial charge in [-0.1, -0.05) is 19.9 Å². The Labute approximate surface area is 162 Å². The van der Waals surface area contributed by atoms with Gasteiger partial charge in [-0.15, -0.1) is 0 Å². The Balaban J connectivity index is 1.78. The zero-order valence-corrected chi connectivity index (χ0v) is 16.6. The molecule has 1 saturated heterocycles. The summed E-state index contributed by atoms with van der Waals surface area (Å²) in [6, 6.07) is 8.18. The first-order valence-electron chi connectivity index (χ1n) is 9.64. The van der Waals surface area contributed by atoms with Crippen LogP contribution in [0.25, 0.3) is 11.1 Å². The third-order valence-corrected chi connectivity index (χ3v) is 4.73. The van der Waals surface area contributed by atoms with Crippen LogP contribution in [0.3, 0.4) is 0 Å². The Bertz CT molecular complexity index is 755. The quantitative estimate of drug-likeness (QED) is 0.638. The Morgan fingerprint density at radius 2 is 2.07 bits per heavy atom. The second-order valence-electron chi connectivity index (χ2n) is 7.07. The summed E-state index contributed by atoms with van der Waals surface area (Å²) in [6.07, 6.45) is 5.75. The highest BCUT2D eigenvalue weighted by Crippen LogP contribution is 2.34. The van der Waals surface area contributed by atoms with Gasteiger partial charge < -0.3 is 18.8 Å². The molecule has 0 bridgehead atoms. The minimum absolute atomic E-state index is 0.131. The molecule has 1 aromatic carbocycles. The highest BCUT2D eigenvalue weighted by atomic mass is 16.6. The number of rotatable bonds is 8. The molecule has 1 aliphatic rings. The van der Waals surface area contributed by atoms with Crippen molar-refractivity contribution >= 4 is 7.12 Å². The summed E-state index contributed by atoms with van der Waals surface area (Å²) in [6.45, 7) is 7.63. The molecular formula is C21H28BNO4. The molecule has 2 aromatic rings. The smallest absolute Gasteiger partial charge is 0.457 e. The van der Waals surface area contributed by atoms with Crippen molar-refractivity contribution in [2.45, 2.75) is 45.5 Å². The zero-order valence-electron chi connectivity index (χ0n) is 16.6. The molecule has 0 aliphatic carbocycles. The van der Waals surface area contributed by atoms with Crippen molar-refractivity contribution in [3.63, 3.8) is 0 Å². The van der Waals surface area contributed by atoms with E-state index in [2.05, 4.69) is 24.9 Å². The number of hydrogen-bond acceptors (Lipinski definition) is 5. The van der Waals surface area contributed by atoms with Gasteiger partial charge >= 0.3 is 7.12 Å². The molecule has 3 rings (SSSR count). The fourth-order valence-electron chi connectivity index (χ4n) is 3.20. The Morgan fingerprint density at radius 1 is 1.22 bits per heavy atom. The monoisotopic (exact) mass is 369 g/mol. The van der Waals surface area contributed by atoms with Crippen LogP contribution >= 0.6 is 0 Å². The molecule has 1 unspecified atom stereocenters. The van der Waals surface area contributed by atoms with Crippen LogP contribution < -0.4 is 9.47 Å². The van der Waals surface area contributed by atoms with E-state index in [1.54, 1.807) is 7.11 Å². The number of ether oxygens (including phenoxy) is 2. The molecule has 27 heavy (non-hydrogen) atoms. The van der Waals surface area contributed by atoms with E-state index >= 15 is 0 Å². The van der Waals surface area contributed by atoms with E-state index in [1.807, 2.05) is 37.5 Å². The highest BCUT2D eigenvalue weighted by Gasteiger charge is 2.30. The largest absolute Gasteiger partial charge is 0.493 e. The number of nitrogens with zero attached hydrogens (tertiary/aromatic N) is 1. The Hall–Kier alpha value is -2.05. The predicted octanol–water partition coefficient (Wildman–Crippen LogP) is 4.57. The van der Waals surface area contributed by atoms with Crippen LogP contribution in [-0.4, -0.2) is 38.5 Å². The van der Waals surface area contributed by atoms with Crippen molar-refractivity contribution in [1.82, 2.24) is 4.98 Å². The van der Waals surface area contributed by atoms with Crippen LogP contribution in [0.1, 0.15) is 38.7 Å². The summed E-state index contributed by atoms with van der Waals surface area (Å²) in [4.78, 5) is 4.45. The molecule has 1 aromatic heterocycles. The molecule has 0 spiro atoms. The summed E-state index contributed by atoms with van der Waals surface area (Å²) in [7, 11) is 1.53. The first-order chi connectivity index (χ1) is 13.1. The van der Waals surface area contributed by atoms with Crippen molar-refractivity contribution in [1.29, 1.82) is 0 Å². The minimum Gasteiger partial charge on any atom is -0.493 e. The molecule has 0 radical (unpaired) electrons. The molecule has 144 valence electrons. The average molecular weight is 369 g/mol. The first-order valence-corrected chi connectivity index (χ1v) is 9.64. The first kappa shape index (κ1) is 19.7. The molecule has 5 nitrogen and oxygen atoms in total.